The molecular formula is C14H24N2O3. The molecule has 108 valence electrons. The van der Waals surface area contributed by atoms with Crippen LogP contribution < -0.4 is 0 Å². The van der Waals surface area contributed by atoms with E-state index in [9.17, 15) is 9.90 Å². The van der Waals surface area contributed by atoms with Crippen LogP contribution in [0.15, 0.2) is 0 Å². The molecule has 19 heavy (non-hydrogen) atoms. The average Bonchev–Trinajstić information content (AvgIpc) is 3.00. The Labute approximate surface area is 114 Å². The molecule has 3 aliphatic rings. The van der Waals surface area contributed by atoms with Crippen molar-refractivity contribution in [1.82, 2.24) is 9.80 Å². The first kappa shape index (κ1) is 13.3. The van der Waals surface area contributed by atoms with Gasteiger partial charge in [0.2, 0.25) is 5.91 Å². The topological polar surface area (TPSA) is 53.0 Å². The molecule has 0 saturated carbocycles. The predicted octanol–water partition coefficient (Wildman–Crippen LogP) is 0.223. The zero-order valence-electron chi connectivity index (χ0n) is 11.5. The molecule has 0 spiro atoms. The van der Waals surface area contributed by atoms with Gasteiger partial charge in [-0.2, -0.15) is 0 Å². The van der Waals surface area contributed by atoms with E-state index in [0.717, 1.165) is 39.1 Å². The van der Waals surface area contributed by atoms with Gasteiger partial charge in [0.15, 0.2) is 0 Å². The molecule has 0 aliphatic carbocycles. The molecule has 0 aromatic carbocycles. The number of aliphatic hydroxyl groups excluding tert-OH is 1. The van der Waals surface area contributed by atoms with Crippen LogP contribution in [0.1, 0.15) is 32.1 Å². The molecule has 1 N–H and O–H groups in total. The van der Waals surface area contributed by atoms with Crippen LogP contribution in [0.25, 0.3) is 0 Å². The minimum atomic E-state index is -0.447. The Hall–Kier alpha value is -0.650. The van der Waals surface area contributed by atoms with Crippen LogP contribution in [0.2, 0.25) is 0 Å². The van der Waals surface area contributed by atoms with Crippen LogP contribution >= 0.6 is 0 Å². The zero-order valence-corrected chi connectivity index (χ0v) is 11.5. The fourth-order valence-electron chi connectivity index (χ4n) is 3.55. The van der Waals surface area contributed by atoms with Gasteiger partial charge in [-0.15, -0.1) is 0 Å². The zero-order chi connectivity index (χ0) is 13.2. The van der Waals surface area contributed by atoms with E-state index in [2.05, 4.69) is 4.90 Å². The van der Waals surface area contributed by atoms with Gasteiger partial charge in [0.05, 0.1) is 18.6 Å². The first-order valence-corrected chi connectivity index (χ1v) is 7.54. The summed E-state index contributed by atoms with van der Waals surface area (Å²) in [5, 5.41) is 9.55. The molecule has 0 aromatic heterocycles. The van der Waals surface area contributed by atoms with Gasteiger partial charge in [0.1, 0.15) is 0 Å². The quantitative estimate of drug-likeness (QED) is 0.796. The second-order valence-corrected chi connectivity index (χ2v) is 6.07. The number of ether oxygens (including phenoxy) is 1. The number of carbonyl (C=O) groups excluding carboxylic acids is 1. The van der Waals surface area contributed by atoms with E-state index in [0.29, 0.717) is 25.1 Å². The number of carbonyl (C=O) groups is 1. The second-order valence-electron chi connectivity index (χ2n) is 6.07. The van der Waals surface area contributed by atoms with Crippen LogP contribution in [0.3, 0.4) is 0 Å². The van der Waals surface area contributed by atoms with E-state index in [-0.39, 0.29) is 5.91 Å². The summed E-state index contributed by atoms with van der Waals surface area (Å²) in [4.78, 5) is 16.1. The Kier molecular flexibility index (Phi) is 4.05. The maximum absolute atomic E-state index is 11.8. The summed E-state index contributed by atoms with van der Waals surface area (Å²) < 4.78 is 5.67. The summed E-state index contributed by atoms with van der Waals surface area (Å²) in [6, 6.07) is 0.338. The van der Waals surface area contributed by atoms with Gasteiger partial charge < -0.3 is 19.6 Å². The molecule has 3 heterocycles. The minimum Gasteiger partial charge on any atom is -0.391 e. The monoisotopic (exact) mass is 268 g/mol. The summed E-state index contributed by atoms with van der Waals surface area (Å²) in [6.07, 6.45) is 4.74. The number of piperidine rings is 1. The summed E-state index contributed by atoms with van der Waals surface area (Å²) in [7, 11) is 0. The van der Waals surface area contributed by atoms with Gasteiger partial charge in [-0.3, -0.25) is 4.79 Å². The first-order valence-electron chi connectivity index (χ1n) is 7.54. The number of rotatable bonds is 3. The number of aliphatic hydroxyl groups is 1. The number of likely N-dealkylation sites (tertiary alicyclic amines) is 2. The average molecular weight is 268 g/mol. The smallest absolute Gasteiger partial charge is 0.225 e. The standard InChI is InChI=1S/C14H24N2O3/c17-12-8-14(18)16(9-12)11-3-5-15(6-4-11)10-13-2-1-7-19-13/h11-13,17H,1-10H2. The Morgan fingerprint density at radius 1 is 1.26 bits per heavy atom. The van der Waals surface area contributed by atoms with Crippen LogP contribution in [0.5, 0.6) is 0 Å². The SMILES string of the molecule is O=C1CC(O)CN1C1CCN(CC2CCCO2)CC1. The number of nitrogens with zero attached hydrogens (tertiary/aromatic N) is 2. The van der Waals surface area contributed by atoms with E-state index < -0.39 is 6.10 Å². The lowest BCUT2D eigenvalue weighted by Gasteiger charge is -2.37. The van der Waals surface area contributed by atoms with Crippen molar-refractivity contribution in [3.63, 3.8) is 0 Å². The number of hydrogen-bond acceptors (Lipinski definition) is 4. The molecule has 2 atom stereocenters. The van der Waals surface area contributed by atoms with Crippen LogP contribution in [-0.2, 0) is 9.53 Å². The molecular weight excluding hydrogens is 244 g/mol. The van der Waals surface area contributed by atoms with Crippen molar-refractivity contribution in [3.8, 4) is 0 Å². The highest BCUT2D eigenvalue weighted by molar-refractivity contribution is 5.79. The van der Waals surface area contributed by atoms with E-state index in [4.69, 9.17) is 4.74 Å². The van der Waals surface area contributed by atoms with Crippen molar-refractivity contribution in [2.75, 3.05) is 32.8 Å². The molecule has 3 rings (SSSR count). The third-order valence-corrected chi connectivity index (χ3v) is 4.62. The number of β-amino-alcohol motifs (C(OH)–C–C–N with tert-alkyl or cyclic N) is 1. The molecule has 5 heteroatoms. The van der Waals surface area contributed by atoms with Gasteiger partial charge in [0, 0.05) is 38.8 Å². The highest BCUT2D eigenvalue weighted by atomic mass is 16.5. The molecule has 3 fully saturated rings. The van der Waals surface area contributed by atoms with E-state index >= 15 is 0 Å². The Balaban J connectivity index is 1.45. The van der Waals surface area contributed by atoms with Crippen molar-refractivity contribution in [2.24, 2.45) is 0 Å². The minimum absolute atomic E-state index is 0.130. The molecule has 1 amide bonds. The fraction of sp³-hybridized carbons (Fsp3) is 0.929. The van der Waals surface area contributed by atoms with Crippen LogP contribution in [-0.4, -0.2) is 71.8 Å². The molecule has 0 radical (unpaired) electrons. The maximum Gasteiger partial charge on any atom is 0.225 e. The summed E-state index contributed by atoms with van der Waals surface area (Å²) in [6.45, 7) is 4.59. The van der Waals surface area contributed by atoms with Crippen LogP contribution in [0.4, 0.5) is 0 Å². The van der Waals surface area contributed by atoms with Gasteiger partial charge in [-0.25, -0.2) is 0 Å². The van der Waals surface area contributed by atoms with Gasteiger partial charge in [-0.1, -0.05) is 0 Å². The van der Waals surface area contributed by atoms with Crippen LogP contribution in [0, 0.1) is 0 Å². The van der Waals surface area contributed by atoms with E-state index in [1.807, 2.05) is 4.90 Å². The fourth-order valence-corrected chi connectivity index (χ4v) is 3.55. The number of amides is 1. The first-order chi connectivity index (χ1) is 9.22. The van der Waals surface area contributed by atoms with E-state index in [1.165, 1.54) is 12.8 Å². The van der Waals surface area contributed by atoms with Gasteiger partial charge >= 0.3 is 0 Å². The number of hydrogen-bond donors (Lipinski definition) is 1. The van der Waals surface area contributed by atoms with E-state index in [1.54, 1.807) is 0 Å². The Morgan fingerprint density at radius 2 is 2.05 bits per heavy atom. The Bertz CT molecular complexity index is 323. The molecule has 0 aromatic rings. The maximum atomic E-state index is 11.8. The van der Waals surface area contributed by atoms with Crippen molar-refractivity contribution in [1.29, 1.82) is 0 Å². The van der Waals surface area contributed by atoms with Gasteiger partial charge in [-0.05, 0) is 25.7 Å². The summed E-state index contributed by atoms with van der Waals surface area (Å²) in [5.41, 5.74) is 0. The highest BCUT2D eigenvalue weighted by Gasteiger charge is 2.35. The second kappa shape index (κ2) is 5.77. The lowest BCUT2D eigenvalue weighted by atomic mass is 10.0. The third-order valence-electron chi connectivity index (χ3n) is 4.62. The normalized spacial score (nSPS) is 34.4. The predicted molar refractivity (Wildman–Crippen MR) is 70.8 cm³/mol. The van der Waals surface area contributed by atoms with Crippen molar-refractivity contribution >= 4 is 5.91 Å². The van der Waals surface area contributed by atoms with Crippen molar-refractivity contribution < 1.29 is 14.6 Å². The van der Waals surface area contributed by atoms with Crippen molar-refractivity contribution in [3.05, 3.63) is 0 Å². The third kappa shape index (κ3) is 3.09. The summed E-state index contributed by atoms with van der Waals surface area (Å²) >= 11 is 0. The Morgan fingerprint density at radius 3 is 2.63 bits per heavy atom. The molecule has 3 aliphatic heterocycles. The largest absolute Gasteiger partial charge is 0.391 e. The van der Waals surface area contributed by atoms with Gasteiger partial charge in [0.25, 0.3) is 0 Å². The molecule has 0 bridgehead atoms. The lowest BCUT2D eigenvalue weighted by molar-refractivity contribution is -0.130. The lowest BCUT2D eigenvalue weighted by Crippen LogP contribution is -2.47. The molecule has 3 saturated heterocycles. The summed E-state index contributed by atoms with van der Waals surface area (Å²) in [5.74, 6) is 0.130. The molecule has 2 unspecified atom stereocenters. The van der Waals surface area contributed by atoms with Crippen molar-refractivity contribution in [2.45, 2.75) is 50.4 Å². The highest BCUT2D eigenvalue weighted by Crippen LogP contribution is 2.23. The molecule has 5 nitrogen and oxygen atoms in total.